The molecule has 1 aliphatic carbocycles. The van der Waals surface area contributed by atoms with E-state index in [4.69, 9.17) is 10.3 Å². The molecule has 1 heterocycles. The maximum absolute atomic E-state index is 9.46. The molecule has 112 valence electrons. The molecule has 0 unspecified atom stereocenters. The number of nitrogens with two attached hydrogens (primary N) is 1. The van der Waals surface area contributed by atoms with E-state index in [0.29, 0.717) is 17.5 Å². The summed E-state index contributed by atoms with van der Waals surface area (Å²) in [6.07, 6.45) is 6.02. The summed E-state index contributed by atoms with van der Waals surface area (Å²) in [6, 6.07) is 4.93. The van der Waals surface area contributed by atoms with Crippen LogP contribution in [0.2, 0.25) is 0 Å². The lowest BCUT2D eigenvalue weighted by Crippen LogP contribution is -2.13. The molecule has 1 fully saturated rings. The van der Waals surface area contributed by atoms with Crippen molar-refractivity contribution in [2.45, 2.75) is 44.9 Å². The van der Waals surface area contributed by atoms with Gasteiger partial charge >= 0.3 is 0 Å². The van der Waals surface area contributed by atoms with E-state index >= 15 is 0 Å². The van der Waals surface area contributed by atoms with Crippen molar-refractivity contribution < 1.29 is 9.63 Å². The molecule has 5 nitrogen and oxygen atoms in total. The largest absolute Gasteiger partial charge is 0.506 e. The van der Waals surface area contributed by atoms with Crippen molar-refractivity contribution in [1.82, 2.24) is 10.1 Å². The summed E-state index contributed by atoms with van der Waals surface area (Å²) >= 11 is 0. The molecule has 1 saturated carbocycles. The topological polar surface area (TPSA) is 85.2 Å². The van der Waals surface area contributed by atoms with Crippen LogP contribution in [-0.2, 0) is 0 Å². The molecule has 3 N–H and O–H groups in total. The van der Waals surface area contributed by atoms with Gasteiger partial charge in [-0.3, -0.25) is 0 Å². The van der Waals surface area contributed by atoms with Crippen molar-refractivity contribution in [3.63, 3.8) is 0 Å². The van der Waals surface area contributed by atoms with Gasteiger partial charge < -0.3 is 15.4 Å². The fraction of sp³-hybridized carbons (Fsp3) is 0.500. The van der Waals surface area contributed by atoms with Crippen LogP contribution in [0.15, 0.2) is 22.7 Å². The number of phenols is 1. The summed E-state index contributed by atoms with van der Waals surface area (Å²) in [6.45, 7) is 2.26. The van der Waals surface area contributed by atoms with Crippen molar-refractivity contribution >= 4 is 5.69 Å². The highest BCUT2D eigenvalue weighted by molar-refractivity contribution is 5.64. The number of anilines is 1. The second-order valence-electron chi connectivity index (χ2n) is 5.86. The molecule has 21 heavy (non-hydrogen) atoms. The van der Waals surface area contributed by atoms with Crippen LogP contribution in [0.4, 0.5) is 5.69 Å². The van der Waals surface area contributed by atoms with Crippen LogP contribution in [-0.4, -0.2) is 15.2 Å². The van der Waals surface area contributed by atoms with E-state index in [0.717, 1.165) is 30.1 Å². The maximum atomic E-state index is 9.46. The molecule has 0 amide bonds. The minimum Gasteiger partial charge on any atom is -0.506 e. The van der Waals surface area contributed by atoms with Gasteiger partial charge in [-0.1, -0.05) is 18.5 Å². The highest BCUT2D eigenvalue weighted by Crippen LogP contribution is 2.36. The van der Waals surface area contributed by atoms with E-state index in [-0.39, 0.29) is 5.75 Å². The maximum Gasteiger partial charge on any atom is 0.258 e. The SMILES string of the molecule is CCC1CCC(c2noc(-c3ccc(O)c(N)c3)n2)CC1. The molecule has 0 bridgehead atoms. The fourth-order valence-electron chi connectivity index (χ4n) is 3.03. The number of rotatable bonds is 3. The van der Waals surface area contributed by atoms with Crippen molar-refractivity contribution in [3.8, 4) is 17.2 Å². The van der Waals surface area contributed by atoms with E-state index in [1.165, 1.54) is 19.3 Å². The summed E-state index contributed by atoms with van der Waals surface area (Å²) in [7, 11) is 0. The molecule has 0 saturated heterocycles. The predicted octanol–water partition coefficient (Wildman–Crippen LogP) is 3.71. The number of hydrogen-bond donors (Lipinski definition) is 2. The Morgan fingerprint density at radius 2 is 2.05 bits per heavy atom. The van der Waals surface area contributed by atoms with Gasteiger partial charge in [-0.2, -0.15) is 4.98 Å². The Bertz CT molecular complexity index is 616. The summed E-state index contributed by atoms with van der Waals surface area (Å²) in [4.78, 5) is 4.51. The average molecular weight is 287 g/mol. The first-order valence-corrected chi connectivity index (χ1v) is 7.59. The summed E-state index contributed by atoms with van der Waals surface area (Å²) < 4.78 is 5.35. The van der Waals surface area contributed by atoms with Gasteiger partial charge in [-0.15, -0.1) is 0 Å². The third kappa shape index (κ3) is 2.86. The van der Waals surface area contributed by atoms with Crippen LogP contribution >= 0.6 is 0 Å². The van der Waals surface area contributed by atoms with Crippen molar-refractivity contribution in [1.29, 1.82) is 0 Å². The highest BCUT2D eigenvalue weighted by Gasteiger charge is 2.25. The lowest BCUT2D eigenvalue weighted by molar-refractivity contribution is 0.305. The van der Waals surface area contributed by atoms with Gasteiger partial charge in [0.1, 0.15) is 5.75 Å². The van der Waals surface area contributed by atoms with Crippen LogP contribution in [0, 0.1) is 5.92 Å². The molecule has 0 spiro atoms. The molecule has 3 rings (SSSR count). The van der Waals surface area contributed by atoms with Gasteiger partial charge in [-0.25, -0.2) is 0 Å². The first kappa shape index (κ1) is 13.9. The number of nitrogen functional groups attached to an aromatic ring is 1. The molecule has 1 aromatic carbocycles. The van der Waals surface area contributed by atoms with Gasteiger partial charge in [0, 0.05) is 11.5 Å². The van der Waals surface area contributed by atoms with Crippen LogP contribution in [0.25, 0.3) is 11.5 Å². The second-order valence-corrected chi connectivity index (χ2v) is 5.86. The molecular formula is C16H21N3O2. The number of hydrogen-bond acceptors (Lipinski definition) is 5. The number of benzene rings is 1. The number of nitrogens with zero attached hydrogens (tertiary/aromatic N) is 2. The number of phenolic OH excluding ortho intramolecular Hbond substituents is 1. The summed E-state index contributed by atoms with van der Waals surface area (Å²) in [5, 5.41) is 13.6. The average Bonchev–Trinajstić information content (AvgIpc) is 3.00. The van der Waals surface area contributed by atoms with Crippen LogP contribution in [0.5, 0.6) is 5.75 Å². The quantitative estimate of drug-likeness (QED) is 0.664. The van der Waals surface area contributed by atoms with E-state index in [1.54, 1.807) is 18.2 Å². The first-order chi connectivity index (χ1) is 10.2. The van der Waals surface area contributed by atoms with Crippen LogP contribution < -0.4 is 5.73 Å². The molecule has 1 aromatic heterocycles. The van der Waals surface area contributed by atoms with Gasteiger partial charge in [0.05, 0.1) is 5.69 Å². The van der Waals surface area contributed by atoms with E-state index in [9.17, 15) is 5.11 Å². The molecule has 0 aliphatic heterocycles. The third-order valence-electron chi connectivity index (χ3n) is 4.51. The zero-order valence-electron chi connectivity index (χ0n) is 12.2. The second kappa shape index (κ2) is 5.76. The minimum atomic E-state index is 0.0661. The fourth-order valence-corrected chi connectivity index (χ4v) is 3.03. The molecular weight excluding hydrogens is 266 g/mol. The monoisotopic (exact) mass is 287 g/mol. The lowest BCUT2D eigenvalue weighted by atomic mass is 9.80. The zero-order chi connectivity index (χ0) is 14.8. The first-order valence-electron chi connectivity index (χ1n) is 7.59. The lowest BCUT2D eigenvalue weighted by Gasteiger charge is -2.25. The Balaban J connectivity index is 1.76. The minimum absolute atomic E-state index is 0.0661. The zero-order valence-corrected chi connectivity index (χ0v) is 12.2. The van der Waals surface area contributed by atoms with E-state index in [1.807, 2.05) is 0 Å². The van der Waals surface area contributed by atoms with Gasteiger partial charge in [-0.05, 0) is 49.8 Å². The number of aromatic hydroxyl groups is 1. The van der Waals surface area contributed by atoms with E-state index in [2.05, 4.69) is 17.1 Å². The van der Waals surface area contributed by atoms with Crippen LogP contribution in [0.3, 0.4) is 0 Å². The Morgan fingerprint density at radius 1 is 1.29 bits per heavy atom. The molecule has 0 atom stereocenters. The van der Waals surface area contributed by atoms with Crippen LogP contribution in [0.1, 0.15) is 50.8 Å². The summed E-state index contributed by atoms with van der Waals surface area (Å²) in [5.74, 6) is 2.58. The van der Waals surface area contributed by atoms with Gasteiger partial charge in [0.25, 0.3) is 5.89 Å². The van der Waals surface area contributed by atoms with Crippen molar-refractivity contribution in [2.75, 3.05) is 5.73 Å². The molecule has 2 aromatic rings. The Kier molecular flexibility index (Phi) is 3.82. The highest BCUT2D eigenvalue weighted by atomic mass is 16.5. The summed E-state index contributed by atoms with van der Waals surface area (Å²) in [5.41, 5.74) is 6.76. The van der Waals surface area contributed by atoms with E-state index < -0.39 is 0 Å². The van der Waals surface area contributed by atoms with Gasteiger partial charge in [0.15, 0.2) is 5.82 Å². The third-order valence-corrected chi connectivity index (χ3v) is 4.51. The van der Waals surface area contributed by atoms with Gasteiger partial charge in [0.2, 0.25) is 0 Å². The normalized spacial score (nSPS) is 22.3. The van der Waals surface area contributed by atoms with Crippen molar-refractivity contribution in [2.24, 2.45) is 5.92 Å². The Labute approximate surface area is 124 Å². The Morgan fingerprint density at radius 3 is 2.71 bits per heavy atom. The smallest absolute Gasteiger partial charge is 0.258 e. The predicted molar refractivity (Wildman–Crippen MR) is 80.8 cm³/mol. The molecule has 1 aliphatic rings. The van der Waals surface area contributed by atoms with Crippen molar-refractivity contribution in [3.05, 3.63) is 24.0 Å². The standard InChI is InChI=1S/C16H21N3O2/c1-2-10-3-5-11(6-4-10)15-18-16(21-19-15)12-7-8-14(20)13(17)9-12/h7-11,20H,2-6,17H2,1H3. The molecule has 0 radical (unpaired) electrons. The molecule has 5 heteroatoms. The number of aromatic nitrogens is 2. The Hall–Kier alpha value is -2.04.